The number of aliphatic hydroxyl groups is 1. The van der Waals surface area contributed by atoms with E-state index in [1.807, 2.05) is 6.07 Å². The fraction of sp³-hybridized carbons (Fsp3) is 0.213. The van der Waals surface area contributed by atoms with Crippen LogP contribution in [0.2, 0.25) is 0 Å². The Balaban J connectivity index is 1.37. The molecule has 1 unspecified atom stereocenters. The van der Waals surface area contributed by atoms with Crippen LogP contribution in [-0.2, 0) is 51.0 Å². The number of aliphatic hydroxyl groups excluding tert-OH is 1. The summed E-state index contributed by atoms with van der Waals surface area (Å²) >= 11 is 0. The van der Waals surface area contributed by atoms with Gasteiger partial charge in [0.15, 0.2) is 0 Å². The molecule has 1 atom stereocenters. The van der Waals surface area contributed by atoms with E-state index in [0.717, 1.165) is 15.9 Å². The Morgan fingerprint density at radius 1 is 0.750 bits per heavy atom. The predicted molar refractivity (Wildman–Crippen MR) is 251 cm³/mol. The lowest BCUT2D eigenvalue weighted by Crippen LogP contribution is -2.46. The van der Waals surface area contributed by atoms with Gasteiger partial charge in [-0.15, -0.1) is 10.2 Å². The molecule has 0 aliphatic rings. The Hall–Kier alpha value is -7.43. The van der Waals surface area contributed by atoms with Crippen LogP contribution in [-0.4, -0.2) is 98.1 Å². The van der Waals surface area contributed by atoms with Crippen LogP contribution in [0.15, 0.2) is 143 Å². The van der Waals surface area contributed by atoms with Gasteiger partial charge < -0.3 is 35.1 Å². The summed E-state index contributed by atoms with van der Waals surface area (Å²) in [5.41, 5.74) is 8.86. The Kier molecular flexibility index (Phi) is 15.6. The number of aromatic nitrogens is 5. The Morgan fingerprint density at radius 3 is 1.88 bits per heavy atom. The number of alkyl carbamates (subject to hydrolysis) is 1. The molecule has 68 heavy (non-hydrogen) atoms. The van der Waals surface area contributed by atoms with E-state index in [4.69, 9.17) is 24.7 Å². The number of carbonyl (C=O) groups excluding carboxylic acids is 1. The van der Waals surface area contributed by atoms with Crippen molar-refractivity contribution in [2.24, 2.45) is 0 Å². The summed E-state index contributed by atoms with van der Waals surface area (Å²) in [6, 6.07) is 34.0. The Bertz CT molecular complexity index is 2970. The highest BCUT2D eigenvalue weighted by Crippen LogP contribution is 2.41. The van der Waals surface area contributed by atoms with Gasteiger partial charge >= 0.3 is 6.09 Å². The van der Waals surface area contributed by atoms with Crippen LogP contribution in [0.4, 0.5) is 10.6 Å². The van der Waals surface area contributed by atoms with Gasteiger partial charge in [0.2, 0.25) is 25.9 Å². The smallest absolute Gasteiger partial charge is 0.407 e. The van der Waals surface area contributed by atoms with Gasteiger partial charge in [-0.05, 0) is 87.6 Å². The highest BCUT2D eigenvalue weighted by molar-refractivity contribution is 7.92. The molecule has 1 amide bonds. The van der Waals surface area contributed by atoms with E-state index in [1.165, 1.54) is 37.3 Å². The minimum absolute atomic E-state index is 0.0846. The summed E-state index contributed by atoms with van der Waals surface area (Å²) in [7, 11) is -5.29. The zero-order valence-corrected chi connectivity index (χ0v) is 38.9. The molecule has 21 heteroatoms. The second kappa shape index (κ2) is 21.9. The van der Waals surface area contributed by atoms with Crippen LogP contribution in [0, 0.1) is 0 Å². The van der Waals surface area contributed by atoms with E-state index in [2.05, 4.69) is 30.4 Å². The summed E-state index contributed by atoms with van der Waals surface area (Å²) in [6.07, 6.45) is 0.496. The molecule has 0 bridgehead atoms. The molecule has 5 N–H and O–H groups in total. The number of nitrogens with zero attached hydrogens (tertiary/aromatic N) is 6. The molecule has 5 aromatic carbocycles. The van der Waals surface area contributed by atoms with Crippen LogP contribution >= 0.6 is 0 Å². The molecule has 0 radical (unpaired) electrons. The second-order valence-electron chi connectivity index (χ2n) is 15.2. The molecule has 0 aliphatic heterocycles. The Labute approximate surface area is 393 Å². The van der Waals surface area contributed by atoms with Crippen molar-refractivity contribution < 1.29 is 45.7 Å². The summed E-state index contributed by atoms with van der Waals surface area (Å²) in [6.45, 7) is -1.74. The van der Waals surface area contributed by atoms with Gasteiger partial charge in [0, 0.05) is 31.4 Å². The van der Waals surface area contributed by atoms with E-state index in [9.17, 15) is 18.3 Å². The van der Waals surface area contributed by atoms with Crippen molar-refractivity contribution in [2.45, 2.75) is 42.1 Å². The van der Waals surface area contributed by atoms with Gasteiger partial charge in [0.25, 0.3) is 0 Å². The van der Waals surface area contributed by atoms with E-state index in [0.29, 0.717) is 39.5 Å². The van der Waals surface area contributed by atoms with Crippen LogP contribution in [0.1, 0.15) is 22.3 Å². The number of ether oxygens (including phenoxy) is 4. The molecule has 7 aromatic rings. The van der Waals surface area contributed by atoms with Crippen molar-refractivity contribution in [3.8, 4) is 39.8 Å². The number of nitrogen functional groups attached to an aromatic ring is 1. The third-order valence-electron chi connectivity index (χ3n) is 10.6. The summed E-state index contributed by atoms with van der Waals surface area (Å²) in [5, 5.41) is 26.0. The number of amides is 1. The number of nitrogens with one attached hydrogen (secondary N) is 2. The molecule has 2 aromatic heterocycles. The summed E-state index contributed by atoms with van der Waals surface area (Å²) in [5.74, 6) is 1.65. The normalized spacial score (nSPS) is 12.1. The number of rotatable bonds is 21. The molecule has 2 heterocycles. The predicted octanol–water partition coefficient (Wildman–Crippen LogP) is 5.02. The fourth-order valence-corrected chi connectivity index (χ4v) is 10.5. The Morgan fingerprint density at radius 2 is 1.34 bits per heavy atom. The van der Waals surface area contributed by atoms with E-state index in [-0.39, 0.29) is 49.0 Å². The minimum Gasteiger partial charge on any atom is -0.497 e. The topological polar surface area (TPSA) is 252 Å². The number of methoxy groups -OCH3 is 3. The molecule has 0 saturated carbocycles. The highest BCUT2D eigenvalue weighted by atomic mass is 32.2. The van der Waals surface area contributed by atoms with Crippen LogP contribution < -0.4 is 30.0 Å². The quantitative estimate of drug-likeness (QED) is 0.0739. The lowest BCUT2D eigenvalue weighted by molar-refractivity contribution is 0.129. The van der Waals surface area contributed by atoms with Crippen molar-refractivity contribution in [3.05, 3.63) is 156 Å². The average Bonchev–Trinajstić information content (AvgIpc) is 3.83. The van der Waals surface area contributed by atoms with Gasteiger partial charge in [0.1, 0.15) is 39.5 Å². The number of nitrogens with two attached hydrogens (primary N) is 1. The van der Waals surface area contributed by atoms with Gasteiger partial charge in [-0.1, -0.05) is 72.8 Å². The molecular formula is C47H49N9O10S2. The van der Waals surface area contributed by atoms with Gasteiger partial charge in [-0.3, -0.25) is 0 Å². The number of carbonyl (C=O) groups is 1. The van der Waals surface area contributed by atoms with Gasteiger partial charge in [0.05, 0.1) is 46.1 Å². The second-order valence-corrected chi connectivity index (χ2v) is 18.8. The zero-order valence-electron chi connectivity index (χ0n) is 37.2. The first-order valence-electron chi connectivity index (χ1n) is 20.9. The number of sulfonamides is 2. The maximum Gasteiger partial charge on any atom is 0.407 e. The van der Waals surface area contributed by atoms with Crippen molar-refractivity contribution in [2.75, 3.05) is 40.2 Å². The third-order valence-corrected chi connectivity index (χ3v) is 14.0. The number of hydrogen-bond acceptors (Lipinski definition) is 15. The summed E-state index contributed by atoms with van der Waals surface area (Å²) < 4.78 is 86.3. The van der Waals surface area contributed by atoms with Gasteiger partial charge in [-0.25, -0.2) is 31.3 Å². The molecule has 0 spiro atoms. The van der Waals surface area contributed by atoms with E-state index < -0.39 is 55.1 Å². The zero-order chi connectivity index (χ0) is 48.3. The van der Waals surface area contributed by atoms with E-state index in [1.54, 1.807) is 110 Å². The number of pyridine rings is 1. The fourth-order valence-electron chi connectivity index (χ4n) is 6.97. The molecule has 19 nitrogen and oxygen atoms in total. The van der Waals surface area contributed by atoms with Crippen molar-refractivity contribution in [3.63, 3.8) is 0 Å². The molecular weight excluding hydrogens is 915 g/mol. The third kappa shape index (κ3) is 11.9. The van der Waals surface area contributed by atoms with Crippen LogP contribution in [0.25, 0.3) is 22.5 Å². The van der Waals surface area contributed by atoms with Gasteiger partial charge in [-0.2, -0.15) is 9.10 Å². The highest BCUT2D eigenvalue weighted by Gasteiger charge is 2.38. The monoisotopic (exact) mass is 963 g/mol. The maximum atomic E-state index is 15.9. The molecule has 354 valence electrons. The first-order chi connectivity index (χ1) is 32.8. The first-order valence-corrected chi connectivity index (χ1v) is 23.9. The number of hydrogen-bond donors (Lipinski definition) is 4. The molecule has 7 rings (SSSR count). The lowest BCUT2D eigenvalue weighted by atomic mass is 10.0. The van der Waals surface area contributed by atoms with Crippen LogP contribution in [0.5, 0.6) is 17.2 Å². The first kappa shape index (κ1) is 48.5. The average molecular weight is 964 g/mol. The molecule has 0 saturated heterocycles. The maximum absolute atomic E-state index is 15.9. The summed E-state index contributed by atoms with van der Waals surface area (Å²) in [4.78, 5) is 16.9. The molecule has 0 fully saturated rings. The SMILES string of the molecule is COc1ccc(CN(Cc2ccc(OC)cc2)S(=O)(=O)c2c(S(=O)(=O)NCC(CO)NC(=O)OCc3ccccc3)ccc(-c3ccc(N)nc3)c2-c2nnn(Cc3ccc(OC)cc3)n2)cc1. The standard InChI is InChI=1S/C47H49N9O10S2/c1-63-38-16-9-32(10-17-38)27-55(28-33-11-18-39(64-2)19-12-33)68(61,62)45-42(67(59,60)50-26-37(30-57)51-47(58)66-31-35-7-5-4-6-8-35)23-22-41(36-15-24-43(48)49-25-36)44(45)46-52-54-56(53-46)29-34-13-20-40(65-3)21-14-34/h4-25,37,50,57H,26-31H2,1-3H3,(H2,48,49)(H,51,58). The largest absolute Gasteiger partial charge is 0.497 e. The molecule has 0 aliphatic carbocycles. The van der Waals surface area contributed by atoms with Crippen molar-refractivity contribution in [1.29, 1.82) is 0 Å². The van der Waals surface area contributed by atoms with Crippen molar-refractivity contribution >= 4 is 32.0 Å². The van der Waals surface area contributed by atoms with Crippen molar-refractivity contribution in [1.82, 2.24) is 39.5 Å². The lowest BCUT2D eigenvalue weighted by Gasteiger charge is -2.26. The van der Waals surface area contributed by atoms with E-state index >= 15 is 8.42 Å². The number of tetrazole rings is 1. The number of benzene rings is 5. The van der Waals surface area contributed by atoms with Crippen LogP contribution in [0.3, 0.4) is 0 Å². The number of anilines is 1. The minimum atomic E-state index is -4.98.